The van der Waals surface area contributed by atoms with E-state index in [-0.39, 0.29) is 11.7 Å². The van der Waals surface area contributed by atoms with Crippen molar-refractivity contribution in [3.8, 4) is 21.4 Å². The highest BCUT2D eigenvalue weighted by molar-refractivity contribution is 7.16. The van der Waals surface area contributed by atoms with E-state index in [0.717, 1.165) is 22.1 Å². The van der Waals surface area contributed by atoms with Gasteiger partial charge in [0.25, 0.3) is 5.91 Å². The standard InChI is InChI=1S/C23H29N5O3S3/c1-23(2,3)31-22(30)28-14(9-13-7-5-4-6-8-13)19-26-17(11-33-19)21-27-16(12-34-21)20-25-15(10-32-20)18(24)29/h10-14H,4-9H2,1-3H3,(H2,24,29)(H,28,30)/t14-/m0/s1. The summed E-state index contributed by atoms with van der Waals surface area (Å²) in [5.41, 5.74) is 6.45. The molecule has 3 N–H and O–H groups in total. The molecule has 1 fully saturated rings. The van der Waals surface area contributed by atoms with E-state index in [1.807, 2.05) is 31.5 Å². The molecule has 1 atom stereocenters. The van der Waals surface area contributed by atoms with Crippen LogP contribution in [-0.2, 0) is 4.74 Å². The number of hydrogen-bond acceptors (Lipinski definition) is 9. The molecular weight excluding hydrogens is 490 g/mol. The van der Waals surface area contributed by atoms with Crippen molar-refractivity contribution in [3.63, 3.8) is 0 Å². The molecular formula is C23H29N5O3S3. The second-order valence-corrected chi connectivity index (χ2v) is 12.1. The van der Waals surface area contributed by atoms with Gasteiger partial charge in [-0.25, -0.2) is 19.7 Å². The smallest absolute Gasteiger partial charge is 0.408 e. The quantitative estimate of drug-likeness (QED) is 0.393. The molecule has 0 aliphatic heterocycles. The fraction of sp³-hybridized carbons (Fsp3) is 0.522. The Morgan fingerprint density at radius 3 is 2.35 bits per heavy atom. The van der Waals surface area contributed by atoms with Gasteiger partial charge in [-0.2, -0.15) is 0 Å². The maximum Gasteiger partial charge on any atom is 0.408 e. The van der Waals surface area contributed by atoms with Crippen molar-refractivity contribution in [3.05, 3.63) is 26.8 Å². The van der Waals surface area contributed by atoms with Gasteiger partial charge in [0.05, 0.1) is 6.04 Å². The van der Waals surface area contributed by atoms with Crippen LogP contribution in [0, 0.1) is 5.92 Å². The second kappa shape index (κ2) is 10.5. The Bertz CT molecular complexity index is 1140. The van der Waals surface area contributed by atoms with Crippen LogP contribution in [0.4, 0.5) is 4.79 Å². The average Bonchev–Trinajstić information content (AvgIpc) is 3.52. The van der Waals surface area contributed by atoms with Gasteiger partial charge in [0, 0.05) is 16.1 Å². The molecule has 1 saturated carbocycles. The third-order valence-corrected chi connectivity index (χ3v) is 8.19. The molecule has 8 nitrogen and oxygen atoms in total. The zero-order valence-electron chi connectivity index (χ0n) is 19.5. The van der Waals surface area contributed by atoms with Crippen LogP contribution in [0.1, 0.15) is 80.8 Å². The molecule has 3 aromatic heterocycles. The lowest BCUT2D eigenvalue weighted by atomic mass is 9.85. The molecule has 0 radical (unpaired) electrons. The minimum absolute atomic E-state index is 0.201. The van der Waals surface area contributed by atoms with Crippen molar-refractivity contribution in [2.45, 2.75) is 70.9 Å². The van der Waals surface area contributed by atoms with Gasteiger partial charge in [-0.15, -0.1) is 34.0 Å². The first kappa shape index (κ1) is 24.7. The number of ether oxygens (including phenoxy) is 1. The number of primary amides is 1. The Balaban J connectivity index is 1.52. The molecule has 11 heteroatoms. The third-order valence-electron chi connectivity index (χ3n) is 5.50. The van der Waals surface area contributed by atoms with Gasteiger partial charge in [-0.05, 0) is 33.1 Å². The molecule has 0 saturated heterocycles. The molecule has 0 aromatic carbocycles. The summed E-state index contributed by atoms with van der Waals surface area (Å²) < 4.78 is 5.52. The minimum atomic E-state index is -0.561. The Morgan fingerprint density at radius 2 is 1.68 bits per heavy atom. The van der Waals surface area contributed by atoms with Crippen molar-refractivity contribution in [2.75, 3.05) is 0 Å². The van der Waals surface area contributed by atoms with Gasteiger partial charge >= 0.3 is 6.09 Å². The van der Waals surface area contributed by atoms with Crippen LogP contribution in [-0.4, -0.2) is 32.6 Å². The van der Waals surface area contributed by atoms with Crippen molar-refractivity contribution in [1.29, 1.82) is 0 Å². The first-order chi connectivity index (χ1) is 16.2. The van der Waals surface area contributed by atoms with Gasteiger partial charge < -0.3 is 15.8 Å². The lowest BCUT2D eigenvalue weighted by molar-refractivity contribution is 0.0494. The lowest BCUT2D eigenvalue weighted by Gasteiger charge is -2.27. The SMILES string of the molecule is CC(C)(C)OC(=O)N[C@@H](CC1CCCCC1)c1nc(-c2nc(-c3nc(C(N)=O)cs3)cs2)cs1. The van der Waals surface area contributed by atoms with Crippen LogP contribution in [0.2, 0.25) is 0 Å². The molecule has 1 aliphatic rings. The van der Waals surface area contributed by atoms with E-state index in [4.69, 9.17) is 15.5 Å². The predicted molar refractivity (Wildman–Crippen MR) is 136 cm³/mol. The van der Waals surface area contributed by atoms with E-state index >= 15 is 0 Å². The highest BCUT2D eigenvalue weighted by atomic mass is 32.1. The molecule has 0 spiro atoms. The van der Waals surface area contributed by atoms with E-state index in [9.17, 15) is 9.59 Å². The normalized spacial score (nSPS) is 15.7. The first-order valence-electron chi connectivity index (χ1n) is 11.3. The summed E-state index contributed by atoms with van der Waals surface area (Å²) in [4.78, 5) is 37.7. The van der Waals surface area contributed by atoms with E-state index in [1.54, 1.807) is 5.38 Å². The van der Waals surface area contributed by atoms with E-state index in [2.05, 4.69) is 15.3 Å². The number of aromatic nitrogens is 3. The summed E-state index contributed by atoms with van der Waals surface area (Å²) in [6.07, 6.45) is 6.56. The van der Waals surface area contributed by atoms with Crippen molar-refractivity contribution < 1.29 is 14.3 Å². The molecule has 1 aliphatic carbocycles. The van der Waals surface area contributed by atoms with Crippen LogP contribution < -0.4 is 11.1 Å². The average molecular weight is 520 g/mol. The lowest BCUT2D eigenvalue weighted by Crippen LogP contribution is -2.35. The Kier molecular flexibility index (Phi) is 7.63. The van der Waals surface area contributed by atoms with E-state index < -0.39 is 17.6 Å². The molecule has 2 amide bonds. The molecule has 4 rings (SSSR count). The predicted octanol–water partition coefficient (Wildman–Crippen LogP) is 6.03. The van der Waals surface area contributed by atoms with Gasteiger partial charge in [0.1, 0.15) is 37.7 Å². The zero-order chi connectivity index (χ0) is 24.3. The largest absolute Gasteiger partial charge is 0.444 e. The molecule has 34 heavy (non-hydrogen) atoms. The highest BCUT2D eigenvalue weighted by Crippen LogP contribution is 2.36. The van der Waals surface area contributed by atoms with Gasteiger partial charge in [0.2, 0.25) is 0 Å². The molecule has 0 bridgehead atoms. The van der Waals surface area contributed by atoms with Gasteiger partial charge in [0.15, 0.2) is 0 Å². The monoisotopic (exact) mass is 519 g/mol. The van der Waals surface area contributed by atoms with Gasteiger partial charge in [-0.1, -0.05) is 32.1 Å². The summed E-state index contributed by atoms with van der Waals surface area (Å²) in [6.45, 7) is 5.58. The summed E-state index contributed by atoms with van der Waals surface area (Å²) >= 11 is 4.33. The van der Waals surface area contributed by atoms with E-state index in [1.165, 1.54) is 66.1 Å². The van der Waals surface area contributed by atoms with Crippen LogP contribution in [0.3, 0.4) is 0 Å². The summed E-state index contributed by atoms with van der Waals surface area (Å²) in [5, 5.41) is 10.8. The van der Waals surface area contributed by atoms with Crippen LogP contribution in [0.15, 0.2) is 16.1 Å². The number of nitrogens with one attached hydrogen (secondary N) is 1. The molecule has 3 heterocycles. The maximum absolute atomic E-state index is 12.6. The number of nitrogens with zero attached hydrogens (tertiary/aromatic N) is 3. The Labute approximate surface area is 211 Å². The fourth-order valence-electron chi connectivity index (χ4n) is 3.97. The third kappa shape index (κ3) is 6.39. The second-order valence-electron chi connectivity index (χ2n) is 9.45. The van der Waals surface area contributed by atoms with Crippen molar-refractivity contribution >= 4 is 46.0 Å². The molecule has 182 valence electrons. The number of thiazole rings is 3. The number of carbonyl (C=O) groups excluding carboxylic acids is 2. The van der Waals surface area contributed by atoms with E-state index in [0.29, 0.717) is 16.6 Å². The van der Waals surface area contributed by atoms with Gasteiger partial charge in [-0.3, -0.25) is 4.79 Å². The van der Waals surface area contributed by atoms with Crippen molar-refractivity contribution in [1.82, 2.24) is 20.3 Å². The number of amides is 2. The first-order valence-corrected chi connectivity index (χ1v) is 14.0. The minimum Gasteiger partial charge on any atom is -0.444 e. The summed E-state index contributed by atoms with van der Waals surface area (Å²) in [7, 11) is 0. The number of rotatable bonds is 7. The Morgan fingerprint density at radius 1 is 1.03 bits per heavy atom. The fourth-order valence-corrected chi connectivity index (χ4v) is 6.52. The van der Waals surface area contributed by atoms with Crippen molar-refractivity contribution in [2.24, 2.45) is 11.7 Å². The topological polar surface area (TPSA) is 120 Å². The van der Waals surface area contributed by atoms with Crippen LogP contribution in [0.5, 0.6) is 0 Å². The van der Waals surface area contributed by atoms with Crippen LogP contribution in [0.25, 0.3) is 21.4 Å². The number of carbonyl (C=O) groups is 2. The number of nitrogens with two attached hydrogens (primary N) is 1. The zero-order valence-corrected chi connectivity index (χ0v) is 21.9. The highest BCUT2D eigenvalue weighted by Gasteiger charge is 2.27. The molecule has 3 aromatic rings. The number of alkyl carbamates (subject to hydrolysis) is 1. The molecule has 0 unspecified atom stereocenters. The Hall–Kier alpha value is -2.37. The maximum atomic E-state index is 12.6. The van der Waals surface area contributed by atoms with Crippen LogP contribution >= 0.6 is 34.0 Å². The number of hydrogen-bond donors (Lipinski definition) is 2. The summed E-state index contributed by atoms with van der Waals surface area (Å²) in [6, 6.07) is -0.201. The summed E-state index contributed by atoms with van der Waals surface area (Å²) in [5.74, 6) is 0.0143.